The zero-order valence-corrected chi connectivity index (χ0v) is 12.9. The third-order valence-electron chi connectivity index (χ3n) is 2.75. The number of unbranched alkanes of at least 4 members (excludes halogenated alkanes) is 1. The van der Waals surface area contributed by atoms with Crippen LogP contribution in [0.1, 0.15) is 46.5 Å². The minimum absolute atomic E-state index is 0. The van der Waals surface area contributed by atoms with Crippen molar-refractivity contribution in [2.45, 2.75) is 52.0 Å². The molecule has 1 unspecified atom stereocenters. The molecule has 1 amide bonds. The van der Waals surface area contributed by atoms with Crippen molar-refractivity contribution in [3.05, 3.63) is 0 Å². The summed E-state index contributed by atoms with van der Waals surface area (Å²) in [5, 5.41) is 3.05. The highest BCUT2D eigenvalue weighted by Gasteiger charge is 2.25. The lowest BCUT2D eigenvalue weighted by atomic mass is 9.90. The van der Waals surface area contributed by atoms with E-state index in [0.29, 0.717) is 25.5 Å². The molecule has 0 aliphatic rings. The maximum Gasteiger partial charge on any atom is 0.220 e. The molecule has 0 spiro atoms. The molecule has 0 aliphatic carbocycles. The van der Waals surface area contributed by atoms with Gasteiger partial charge in [0.25, 0.3) is 0 Å². The van der Waals surface area contributed by atoms with Gasteiger partial charge in [0.15, 0.2) is 0 Å². The second-order valence-corrected chi connectivity index (χ2v) is 5.36. The lowest BCUT2D eigenvalue weighted by Crippen LogP contribution is -2.52. The van der Waals surface area contributed by atoms with Crippen LogP contribution in [0.4, 0.5) is 0 Å². The number of carbonyl (C=O) groups excluding carboxylic acids is 1. The largest absolute Gasteiger partial charge is 0.385 e. The number of halogens is 1. The van der Waals surface area contributed by atoms with Gasteiger partial charge in [0.05, 0.1) is 0 Å². The maximum absolute atomic E-state index is 11.8. The number of methoxy groups -OCH3 is 1. The number of carbonyl (C=O) groups is 1. The smallest absolute Gasteiger partial charge is 0.220 e. The van der Waals surface area contributed by atoms with E-state index in [4.69, 9.17) is 10.5 Å². The number of nitrogens with one attached hydrogen (secondary N) is 1. The van der Waals surface area contributed by atoms with Crippen molar-refractivity contribution in [2.75, 3.05) is 20.3 Å². The van der Waals surface area contributed by atoms with Crippen molar-refractivity contribution in [3.63, 3.8) is 0 Å². The molecule has 5 heteroatoms. The van der Waals surface area contributed by atoms with Gasteiger partial charge in [-0.05, 0) is 32.1 Å². The van der Waals surface area contributed by atoms with E-state index in [9.17, 15) is 4.79 Å². The molecule has 0 aliphatic heterocycles. The van der Waals surface area contributed by atoms with Crippen LogP contribution < -0.4 is 11.1 Å². The van der Waals surface area contributed by atoms with Crippen LogP contribution in [0, 0.1) is 5.92 Å². The quantitative estimate of drug-likeness (QED) is 0.636. The van der Waals surface area contributed by atoms with Gasteiger partial charge in [-0.2, -0.15) is 0 Å². The first kappa shape index (κ1) is 20.0. The summed E-state index contributed by atoms with van der Waals surface area (Å²) in [5.74, 6) is 0.618. The highest BCUT2D eigenvalue weighted by Crippen LogP contribution is 2.15. The molecule has 4 nitrogen and oxygen atoms in total. The summed E-state index contributed by atoms with van der Waals surface area (Å²) in [7, 11) is 1.67. The zero-order chi connectivity index (χ0) is 13.3. The van der Waals surface area contributed by atoms with Crippen LogP contribution in [0.5, 0.6) is 0 Å². The van der Waals surface area contributed by atoms with E-state index in [1.165, 1.54) is 0 Å². The summed E-state index contributed by atoms with van der Waals surface area (Å²) in [6.07, 6.45) is 3.25. The Balaban J connectivity index is 0. The minimum Gasteiger partial charge on any atom is -0.385 e. The number of rotatable bonds is 9. The molecule has 0 radical (unpaired) electrons. The molecule has 0 aromatic heterocycles. The fourth-order valence-electron chi connectivity index (χ4n) is 2.02. The Morgan fingerprint density at radius 1 is 1.39 bits per heavy atom. The van der Waals surface area contributed by atoms with Crippen molar-refractivity contribution < 1.29 is 9.53 Å². The first-order valence-corrected chi connectivity index (χ1v) is 6.43. The van der Waals surface area contributed by atoms with Crippen LogP contribution in [0.2, 0.25) is 0 Å². The SMILES string of the molecule is COCCCCC(=O)NC(C)(CN)CC(C)C.Cl. The molecular weight excluding hydrogens is 252 g/mol. The summed E-state index contributed by atoms with van der Waals surface area (Å²) < 4.78 is 4.95. The summed E-state index contributed by atoms with van der Waals surface area (Å²) in [4.78, 5) is 11.8. The molecule has 0 aromatic carbocycles. The van der Waals surface area contributed by atoms with Crippen molar-refractivity contribution in [2.24, 2.45) is 11.7 Å². The third kappa shape index (κ3) is 9.68. The zero-order valence-electron chi connectivity index (χ0n) is 12.1. The first-order chi connectivity index (χ1) is 7.93. The molecule has 0 bridgehead atoms. The Morgan fingerprint density at radius 2 is 2.00 bits per heavy atom. The Morgan fingerprint density at radius 3 is 2.44 bits per heavy atom. The Labute approximate surface area is 117 Å². The molecule has 0 heterocycles. The van der Waals surface area contributed by atoms with Gasteiger partial charge in [0, 0.05) is 32.2 Å². The number of amides is 1. The highest BCUT2D eigenvalue weighted by molar-refractivity contribution is 5.85. The second kappa shape index (κ2) is 10.6. The van der Waals surface area contributed by atoms with E-state index in [1.54, 1.807) is 7.11 Å². The van der Waals surface area contributed by atoms with Crippen LogP contribution in [0.15, 0.2) is 0 Å². The van der Waals surface area contributed by atoms with Gasteiger partial charge < -0.3 is 15.8 Å². The van der Waals surface area contributed by atoms with Gasteiger partial charge in [-0.3, -0.25) is 4.79 Å². The minimum atomic E-state index is -0.271. The fraction of sp³-hybridized carbons (Fsp3) is 0.923. The average Bonchev–Trinajstić information content (AvgIpc) is 2.23. The van der Waals surface area contributed by atoms with Gasteiger partial charge in [-0.25, -0.2) is 0 Å². The third-order valence-corrected chi connectivity index (χ3v) is 2.75. The lowest BCUT2D eigenvalue weighted by Gasteiger charge is -2.31. The summed E-state index contributed by atoms with van der Waals surface area (Å²) >= 11 is 0. The molecule has 0 fully saturated rings. The maximum atomic E-state index is 11.8. The van der Waals surface area contributed by atoms with Crippen LogP contribution >= 0.6 is 12.4 Å². The van der Waals surface area contributed by atoms with E-state index in [0.717, 1.165) is 19.3 Å². The van der Waals surface area contributed by atoms with Crippen molar-refractivity contribution in [1.29, 1.82) is 0 Å². The van der Waals surface area contributed by atoms with Crippen molar-refractivity contribution in [3.8, 4) is 0 Å². The number of hydrogen-bond donors (Lipinski definition) is 2. The Hall–Kier alpha value is -0.320. The normalized spacial score (nSPS) is 13.9. The van der Waals surface area contributed by atoms with E-state index in [1.807, 2.05) is 6.92 Å². The number of ether oxygens (including phenoxy) is 1. The van der Waals surface area contributed by atoms with Crippen molar-refractivity contribution in [1.82, 2.24) is 5.32 Å². The van der Waals surface area contributed by atoms with E-state index in [2.05, 4.69) is 19.2 Å². The molecule has 110 valence electrons. The van der Waals surface area contributed by atoms with Crippen molar-refractivity contribution >= 4 is 18.3 Å². The Bertz CT molecular complexity index is 225. The predicted molar refractivity (Wildman–Crippen MR) is 78.0 cm³/mol. The summed E-state index contributed by atoms with van der Waals surface area (Å²) in [6, 6.07) is 0. The van der Waals surface area contributed by atoms with Gasteiger partial charge in [-0.15, -0.1) is 12.4 Å². The number of hydrogen-bond acceptors (Lipinski definition) is 3. The molecule has 0 saturated heterocycles. The molecule has 18 heavy (non-hydrogen) atoms. The van der Waals surface area contributed by atoms with E-state index >= 15 is 0 Å². The Kier molecular flexibility index (Phi) is 11.8. The molecular formula is C13H29ClN2O2. The lowest BCUT2D eigenvalue weighted by molar-refractivity contribution is -0.123. The van der Waals surface area contributed by atoms with Gasteiger partial charge >= 0.3 is 0 Å². The van der Waals surface area contributed by atoms with E-state index in [-0.39, 0.29) is 23.9 Å². The molecule has 0 saturated carbocycles. The summed E-state index contributed by atoms with van der Waals surface area (Å²) in [6.45, 7) is 7.49. The highest BCUT2D eigenvalue weighted by atomic mass is 35.5. The molecule has 0 aromatic rings. The van der Waals surface area contributed by atoms with Crippen LogP contribution in [-0.2, 0) is 9.53 Å². The monoisotopic (exact) mass is 280 g/mol. The topological polar surface area (TPSA) is 64.3 Å². The van der Waals surface area contributed by atoms with Gasteiger partial charge in [-0.1, -0.05) is 13.8 Å². The standard InChI is InChI=1S/C13H28N2O2.ClH/c1-11(2)9-13(3,10-14)15-12(16)7-5-6-8-17-4;/h11H,5-10,14H2,1-4H3,(H,15,16);1H. The van der Waals surface area contributed by atoms with Gasteiger partial charge in [0.1, 0.15) is 0 Å². The molecule has 3 N–H and O–H groups in total. The first-order valence-electron chi connectivity index (χ1n) is 6.43. The molecule has 1 atom stereocenters. The van der Waals surface area contributed by atoms with Crippen LogP contribution in [-0.4, -0.2) is 31.7 Å². The average molecular weight is 281 g/mol. The van der Waals surface area contributed by atoms with Gasteiger partial charge in [0.2, 0.25) is 5.91 Å². The second-order valence-electron chi connectivity index (χ2n) is 5.36. The van der Waals surface area contributed by atoms with Crippen LogP contribution in [0.3, 0.4) is 0 Å². The summed E-state index contributed by atoms with van der Waals surface area (Å²) in [5.41, 5.74) is 5.47. The fourth-order valence-corrected chi connectivity index (χ4v) is 2.02. The van der Waals surface area contributed by atoms with E-state index < -0.39 is 0 Å². The van der Waals surface area contributed by atoms with Crippen LogP contribution in [0.25, 0.3) is 0 Å². The number of nitrogens with two attached hydrogens (primary N) is 1. The predicted octanol–water partition coefficient (Wildman–Crippen LogP) is 2.10. The molecule has 0 rings (SSSR count).